The second-order valence-corrected chi connectivity index (χ2v) is 10.7. The van der Waals surface area contributed by atoms with Gasteiger partial charge in [-0.15, -0.1) is 0 Å². The summed E-state index contributed by atoms with van der Waals surface area (Å²) in [5.74, 6) is 0.816. The van der Waals surface area contributed by atoms with Crippen LogP contribution >= 0.6 is 11.6 Å². The monoisotopic (exact) mass is 432 g/mol. The quantitative estimate of drug-likeness (QED) is 0.690. The fraction of sp³-hybridized carbons (Fsp3) is 0.478. The highest BCUT2D eigenvalue weighted by Gasteiger charge is 2.33. The van der Waals surface area contributed by atoms with Crippen molar-refractivity contribution in [2.24, 2.45) is 5.92 Å². The van der Waals surface area contributed by atoms with Crippen molar-refractivity contribution in [1.82, 2.24) is 9.21 Å². The second kappa shape index (κ2) is 8.76. The summed E-state index contributed by atoms with van der Waals surface area (Å²) >= 11 is 6.01. The third kappa shape index (κ3) is 4.53. The van der Waals surface area contributed by atoms with Gasteiger partial charge in [0.05, 0.1) is 4.90 Å². The molecule has 2 aliphatic rings. The van der Waals surface area contributed by atoms with Gasteiger partial charge in [0, 0.05) is 29.7 Å². The zero-order chi connectivity index (χ0) is 20.4. The maximum Gasteiger partial charge on any atom is 0.243 e. The topological polar surface area (TPSA) is 40.6 Å². The standard InChI is InChI=1S/C23H29ClN2O2S/c1-18-10-14-25(15-11-18)21-12-16-26(17-13-21)29(27,28)23-5-3-2-4-22(23)19-6-8-20(24)9-7-19/h2-9,18,21H,10-17H2,1H3. The normalized spacial score (nSPS) is 20.8. The van der Waals surface area contributed by atoms with Gasteiger partial charge in [0.15, 0.2) is 0 Å². The van der Waals surface area contributed by atoms with Crippen LogP contribution in [0.4, 0.5) is 0 Å². The van der Waals surface area contributed by atoms with Crippen LogP contribution in [-0.2, 0) is 10.0 Å². The van der Waals surface area contributed by atoms with Crippen molar-refractivity contribution in [2.75, 3.05) is 26.2 Å². The lowest BCUT2D eigenvalue weighted by Crippen LogP contribution is -2.48. The molecule has 0 N–H and O–H groups in total. The Balaban J connectivity index is 1.51. The van der Waals surface area contributed by atoms with Gasteiger partial charge in [-0.05, 0) is 68.5 Å². The highest BCUT2D eigenvalue weighted by atomic mass is 35.5. The molecule has 2 aromatic rings. The number of sulfonamides is 1. The molecule has 0 unspecified atom stereocenters. The SMILES string of the molecule is CC1CCN(C2CCN(S(=O)(=O)c3ccccc3-c3ccc(Cl)cc3)CC2)CC1. The third-order valence-corrected chi connectivity index (χ3v) is 8.63. The molecule has 29 heavy (non-hydrogen) atoms. The van der Waals surface area contributed by atoms with Crippen LogP contribution in [0.3, 0.4) is 0 Å². The molecule has 156 valence electrons. The minimum Gasteiger partial charge on any atom is -0.300 e. The lowest BCUT2D eigenvalue weighted by atomic mass is 9.95. The van der Waals surface area contributed by atoms with E-state index in [1.54, 1.807) is 28.6 Å². The van der Waals surface area contributed by atoms with E-state index in [-0.39, 0.29) is 0 Å². The van der Waals surface area contributed by atoms with E-state index in [2.05, 4.69) is 11.8 Å². The molecule has 0 bridgehead atoms. The molecule has 0 radical (unpaired) electrons. The van der Waals surface area contributed by atoms with Crippen molar-refractivity contribution in [3.63, 3.8) is 0 Å². The van der Waals surface area contributed by atoms with Crippen LogP contribution in [0.2, 0.25) is 5.02 Å². The Hall–Kier alpha value is -1.40. The number of hydrogen-bond acceptors (Lipinski definition) is 3. The third-order valence-electron chi connectivity index (χ3n) is 6.42. The van der Waals surface area contributed by atoms with Crippen LogP contribution in [0, 0.1) is 5.92 Å². The molecular formula is C23H29ClN2O2S. The lowest BCUT2D eigenvalue weighted by Gasteiger charge is -2.41. The van der Waals surface area contributed by atoms with Gasteiger partial charge in [-0.25, -0.2) is 8.42 Å². The van der Waals surface area contributed by atoms with E-state index in [0.717, 1.165) is 43.0 Å². The average molecular weight is 433 g/mol. The predicted molar refractivity (Wildman–Crippen MR) is 119 cm³/mol. The van der Waals surface area contributed by atoms with Crippen LogP contribution in [0.5, 0.6) is 0 Å². The molecule has 2 saturated heterocycles. The molecule has 2 aliphatic heterocycles. The largest absolute Gasteiger partial charge is 0.300 e. The van der Waals surface area contributed by atoms with E-state index in [4.69, 9.17) is 11.6 Å². The first kappa shape index (κ1) is 20.9. The number of piperidine rings is 2. The summed E-state index contributed by atoms with van der Waals surface area (Å²) in [6, 6.07) is 15.1. The van der Waals surface area contributed by atoms with Gasteiger partial charge in [0.2, 0.25) is 10.0 Å². The van der Waals surface area contributed by atoms with Crippen molar-refractivity contribution in [3.05, 3.63) is 53.6 Å². The molecule has 0 saturated carbocycles. The first-order valence-electron chi connectivity index (χ1n) is 10.5. The van der Waals surface area contributed by atoms with Gasteiger partial charge in [-0.3, -0.25) is 0 Å². The second-order valence-electron chi connectivity index (χ2n) is 8.36. The van der Waals surface area contributed by atoms with Gasteiger partial charge in [0.25, 0.3) is 0 Å². The van der Waals surface area contributed by atoms with E-state index < -0.39 is 10.0 Å². The molecule has 0 aliphatic carbocycles. The average Bonchev–Trinajstić information content (AvgIpc) is 2.75. The summed E-state index contributed by atoms with van der Waals surface area (Å²) in [6.07, 6.45) is 4.34. The number of benzene rings is 2. The first-order valence-corrected chi connectivity index (χ1v) is 12.4. The van der Waals surface area contributed by atoms with Gasteiger partial charge >= 0.3 is 0 Å². The molecule has 4 rings (SSSR count). The van der Waals surface area contributed by atoms with E-state index >= 15 is 0 Å². The molecule has 2 heterocycles. The van der Waals surface area contributed by atoms with Crippen molar-refractivity contribution in [1.29, 1.82) is 0 Å². The summed E-state index contributed by atoms with van der Waals surface area (Å²) in [7, 11) is -3.53. The number of likely N-dealkylation sites (tertiary alicyclic amines) is 1. The van der Waals surface area contributed by atoms with Crippen molar-refractivity contribution >= 4 is 21.6 Å². The molecule has 2 aromatic carbocycles. The zero-order valence-electron chi connectivity index (χ0n) is 16.9. The molecule has 4 nitrogen and oxygen atoms in total. The molecule has 2 fully saturated rings. The van der Waals surface area contributed by atoms with E-state index in [1.807, 2.05) is 24.3 Å². The summed E-state index contributed by atoms with van der Waals surface area (Å²) < 4.78 is 28.6. The fourth-order valence-corrected chi connectivity index (χ4v) is 6.35. The van der Waals surface area contributed by atoms with Crippen molar-refractivity contribution < 1.29 is 8.42 Å². The Morgan fingerprint density at radius 1 is 0.862 bits per heavy atom. The van der Waals surface area contributed by atoms with Gasteiger partial charge in [0.1, 0.15) is 0 Å². The van der Waals surface area contributed by atoms with Crippen molar-refractivity contribution in [3.8, 4) is 11.1 Å². The summed E-state index contributed by atoms with van der Waals surface area (Å²) in [4.78, 5) is 2.96. The van der Waals surface area contributed by atoms with Gasteiger partial charge in [-0.1, -0.05) is 48.9 Å². The Bertz CT molecular complexity index is 930. The Morgan fingerprint density at radius 2 is 1.48 bits per heavy atom. The van der Waals surface area contributed by atoms with Crippen LogP contribution in [0.1, 0.15) is 32.6 Å². The highest BCUT2D eigenvalue weighted by Crippen LogP contribution is 2.32. The molecule has 0 spiro atoms. The summed E-state index contributed by atoms with van der Waals surface area (Å²) in [5, 5.41) is 0.642. The van der Waals surface area contributed by atoms with Crippen LogP contribution in [0.25, 0.3) is 11.1 Å². The molecule has 0 atom stereocenters. The number of rotatable bonds is 4. The van der Waals surface area contributed by atoms with E-state index in [1.165, 1.54) is 12.8 Å². The Morgan fingerprint density at radius 3 is 2.14 bits per heavy atom. The van der Waals surface area contributed by atoms with Gasteiger partial charge in [-0.2, -0.15) is 4.31 Å². The van der Waals surface area contributed by atoms with Crippen LogP contribution in [0.15, 0.2) is 53.4 Å². The first-order chi connectivity index (χ1) is 13.9. The summed E-state index contributed by atoms with van der Waals surface area (Å²) in [5.41, 5.74) is 1.60. The number of hydrogen-bond donors (Lipinski definition) is 0. The molecular weight excluding hydrogens is 404 g/mol. The number of nitrogens with zero attached hydrogens (tertiary/aromatic N) is 2. The predicted octanol–water partition coefficient (Wildman–Crippen LogP) is 4.89. The zero-order valence-corrected chi connectivity index (χ0v) is 18.5. The summed E-state index contributed by atoms with van der Waals surface area (Å²) in [6.45, 7) is 5.81. The van der Waals surface area contributed by atoms with Crippen LogP contribution in [-0.4, -0.2) is 49.8 Å². The lowest BCUT2D eigenvalue weighted by molar-refractivity contribution is 0.101. The van der Waals surface area contributed by atoms with E-state index in [0.29, 0.717) is 29.0 Å². The van der Waals surface area contributed by atoms with Crippen LogP contribution < -0.4 is 0 Å². The van der Waals surface area contributed by atoms with Crippen molar-refractivity contribution in [2.45, 2.75) is 43.5 Å². The maximum atomic E-state index is 13.5. The molecule has 0 aromatic heterocycles. The fourth-order valence-electron chi connectivity index (χ4n) is 4.54. The Labute approximate surface area is 179 Å². The maximum absolute atomic E-state index is 13.5. The minimum atomic E-state index is -3.53. The number of halogens is 1. The van der Waals surface area contributed by atoms with Gasteiger partial charge < -0.3 is 4.90 Å². The smallest absolute Gasteiger partial charge is 0.243 e. The molecule has 0 amide bonds. The highest BCUT2D eigenvalue weighted by molar-refractivity contribution is 7.89. The Kier molecular flexibility index (Phi) is 6.30. The minimum absolute atomic E-state index is 0.382. The van der Waals surface area contributed by atoms with E-state index in [9.17, 15) is 8.42 Å². The molecule has 6 heteroatoms.